The summed E-state index contributed by atoms with van der Waals surface area (Å²) in [5.41, 5.74) is 0.690. The van der Waals surface area contributed by atoms with Gasteiger partial charge in [0.1, 0.15) is 23.0 Å². The van der Waals surface area contributed by atoms with E-state index in [2.05, 4.69) is 22.9 Å². The van der Waals surface area contributed by atoms with Gasteiger partial charge in [-0.15, -0.1) is 0 Å². The van der Waals surface area contributed by atoms with Gasteiger partial charge in [0.25, 0.3) is 0 Å². The maximum Gasteiger partial charge on any atom is 0.343 e. The van der Waals surface area contributed by atoms with Crippen LogP contribution in [0.1, 0.15) is 53.8 Å². The number of rotatable bonds is 11. The van der Waals surface area contributed by atoms with Crippen LogP contribution in [0.25, 0.3) is 0 Å². The molecule has 0 saturated carbocycles. The van der Waals surface area contributed by atoms with Crippen LogP contribution in [0.2, 0.25) is 0 Å². The Morgan fingerprint density at radius 1 is 0.706 bits per heavy atom. The summed E-state index contributed by atoms with van der Waals surface area (Å²) in [5.74, 6) is 0.991. The van der Waals surface area contributed by atoms with E-state index in [9.17, 15) is 9.59 Å². The van der Waals surface area contributed by atoms with Crippen molar-refractivity contribution in [2.24, 2.45) is 0 Å². The molecule has 0 amide bonds. The third-order valence-corrected chi connectivity index (χ3v) is 5.47. The van der Waals surface area contributed by atoms with E-state index in [-0.39, 0.29) is 0 Å². The van der Waals surface area contributed by atoms with E-state index in [0.29, 0.717) is 41.6 Å². The number of esters is 2. The summed E-state index contributed by atoms with van der Waals surface area (Å²) >= 11 is 3.38. The first-order chi connectivity index (χ1) is 16.5. The smallest absolute Gasteiger partial charge is 0.343 e. The molecule has 0 aliphatic heterocycles. The standard InChI is InChI=1S/C27H27BrO6/c1-3-5-6-17-32-21-12-14-23(15-13-21)33-26(29)19-7-10-22(11-8-19)34-27(30)20-9-16-24(28)25(18-20)31-4-2/h7-16,18H,3-6,17H2,1-2H3. The molecule has 0 radical (unpaired) electrons. The number of hydrogen-bond acceptors (Lipinski definition) is 6. The normalized spacial score (nSPS) is 10.4. The fourth-order valence-electron chi connectivity index (χ4n) is 3.03. The lowest BCUT2D eigenvalue weighted by molar-refractivity contribution is 0.0730. The first kappa shape index (κ1) is 25.3. The quantitative estimate of drug-likeness (QED) is 0.154. The van der Waals surface area contributed by atoms with Crippen molar-refractivity contribution in [3.8, 4) is 23.0 Å². The second kappa shape index (κ2) is 12.8. The summed E-state index contributed by atoms with van der Waals surface area (Å²) in [7, 11) is 0. The molecule has 3 aromatic rings. The number of unbranched alkanes of at least 4 members (excludes halogenated alkanes) is 2. The Bertz CT molecular complexity index is 1090. The zero-order valence-electron chi connectivity index (χ0n) is 19.2. The first-order valence-electron chi connectivity index (χ1n) is 11.2. The van der Waals surface area contributed by atoms with Gasteiger partial charge in [-0.05, 0) is 96.0 Å². The molecular weight excluding hydrogens is 500 g/mol. The Morgan fingerprint density at radius 3 is 1.88 bits per heavy atom. The Balaban J connectivity index is 1.55. The number of carbonyl (C=O) groups is 2. The highest BCUT2D eigenvalue weighted by molar-refractivity contribution is 9.10. The molecule has 0 aromatic heterocycles. The van der Waals surface area contributed by atoms with Crippen LogP contribution < -0.4 is 18.9 Å². The van der Waals surface area contributed by atoms with Crippen molar-refractivity contribution >= 4 is 27.9 Å². The SMILES string of the molecule is CCCCCOc1ccc(OC(=O)c2ccc(OC(=O)c3ccc(Br)c(OCC)c3)cc2)cc1. The van der Waals surface area contributed by atoms with Crippen molar-refractivity contribution in [2.75, 3.05) is 13.2 Å². The van der Waals surface area contributed by atoms with E-state index in [1.54, 1.807) is 66.7 Å². The molecule has 3 rings (SSSR count). The van der Waals surface area contributed by atoms with Gasteiger partial charge in [0.2, 0.25) is 0 Å². The third kappa shape index (κ3) is 7.35. The van der Waals surface area contributed by atoms with Crippen LogP contribution >= 0.6 is 15.9 Å². The molecule has 0 heterocycles. The Morgan fingerprint density at radius 2 is 1.26 bits per heavy atom. The van der Waals surface area contributed by atoms with Crippen molar-refractivity contribution in [3.63, 3.8) is 0 Å². The molecule has 0 aliphatic carbocycles. The molecule has 0 unspecified atom stereocenters. The summed E-state index contributed by atoms with van der Waals surface area (Å²) < 4.78 is 22.7. The van der Waals surface area contributed by atoms with Gasteiger partial charge in [0, 0.05) is 0 Å². The molecule has 7 heteroatoms. The van der Waals surface area contributed by atoms with Crippen LogP contribution in [0.15, 0.2) is 71.2 Å². The maximum atomic E-state index is 12.5. The minimum absolute atomic E-state index is 0.312. The van der Waals surface area contributed by atoms with Gasteiger partial charge in [-0.1, -0.05) is 19.8 Å². The van der Waals surface area contributed by atoms with E-state index in [1.165, 1.54) is 0 Å². The van der Waals surface area contributed by atoms with E-state index in [4.69, 9.17) is 18.9 Å². The largest absolute Gasteiger partial charge is 0.494 e. The molecule has 0 N–H and O–H groups in total. The molecule has 0 fully saturated rings. The summed E-state index contributed by atoms with van der Waals surface area (Å²) in [5, 5.41) is 0. The lowest BCUT2D eigenvalue weighted by Crippen LogP contribution is -2.10. The Kier molecular flexibility index (Phi) is 9.52. The van der Waals surface area contributed by atoms with Crippen LogP contribution in [0.3, 0.4) is 0 Å². The van der Waals surface area contributed by atoms with Gasteiger partial charge in [-0.25, -0.2) is 9.59 Å². The van der Waals surface area contributed by atoms with Crippen LogP contribution in [-0.4, -0.2) is 25.2 Å². The third-order valence-electron chi connectivity index (χ3n) is 4.82. The topological polar surface area (TPSA) is 71.1 Å². The van der Waals surface area contributed by atoms with Crippen molar-refractivity contribution in [2.45, 2.75) is 33.1 Å². The zero-order chi connectivity index (χ0) is 24.3. The van der Waals surface area contributed by atoms with Gasteiger partial charge in [-0.2, -0.15) is 0 Å². The Labute approximate surface area is 207 Å². The molecule has 34 heavy (non-hydrogen) atoms. The van der Waals surface area contributed by atoms with E-state index < -0.39 is 11.9 Å². The average molecular weight is 527 g/mol. The van der Waals surface area contributed by atoms with Crippen molar-refractivity contribution < 1.29 is 28.5 Å². The van der Waals surface area contributed by atoms with Gasteiger partial charge in [-0.3, -0.25) is 0 Å². The van der Waals surface area contributed by atoms with Crippen molar-refractivity contribution in [3.05, 3.63) is 82.3 Å². The van der Waals surface area contributed by atoms with Crippen LogP contribution in [0.4, 0.5) is 0 Å². The van der Waals surface area contributed by atoms with Gasteiger partial charge in [0.15, 0.2) is 0 Å². The summed E-state index contributed by atoms with van der Waals surface area (Å²) in [6.07, 6.45) is 3.28. The minimum atomic E-state index is -0.527. The second-order valence-electron chi connectivity index (χ2n) is 7.41. The molecule has 0 bridgehead atoms. The predicted octanol–water partition coefficient (Wildman–Crippen LogP) is 6.86. The summed E-state index contributed by atoms with van der Waals surface area (Å²) in [6, 6.07) is 18.1. The number of benzene rings is 3. The lowest BCUT2D eigenvalue weighted by atomic mass is 10.2. The predicted molar refractivity (Wildman–Crippen MR) is 133 cm³/mol. The van der Waals surface area contributed by atoms with E-state index >= 15 is 0 Å². The highest BCUT2D eigenvalue weighted by atomic mass is 79.9. The van der Waals surface area contributed by atoms with Crippen molar-refractivity contribution in [1.29, 1.82) is 0 Å². The fourth-order valence-corrected chi connectivity index (χ4v) is 3.39. The van der Waals surface area contributed by atoms with Gasteiger partial charge >= 0.3 is 11.9 Å². The molecule has 0 atom stereocenters. The molecule has 0 aliphatic rings. The molecule has 0 saturated heterocycles. The summed E-state index contributed by atoms with van der Waals surface area (Å²) in [6.45, 7) is 5.15. The Hall–Kier alpha value is -3.32. The average Bonchev–Trinajstić information content (AvgIpc) is 2.84. The van der Waals surface area contributed by atoms with E-state index in [1.807, 2.05) is 6.92 Å². The molecule has 3 aromatic carbocycles. The number of hydrogen-bond donors (Lipinski definition) is 0. The lowest BCUT2D eigenvalue weighted by Gasteiger charge is -2.09. The number of ether oxygens (including phenoxy) is 4. The minimum Gasteiger partial charge on any atom is -0.494 e. The monoisotopic (exact) mass is 526 g/mol. The zero-order valence-corrected chi connectivity index (χ0v) is 20.8. The molecular formula is C27H27BrO6. The maximum absolute atomic E-state index is 12.5. The number of halogens is 1. The first-order valence-corrected chi connectivity index (χ1v) is 12.0. The van der Waals surface area contributed by atoms with Crippen molar-refractivity contribution in [1.82, 2.24) is 0 Å². The van der Waals surface area contributed by atoms with Crippen LogP contribution in [0, 0.1) is 0 Å². The number of carbonyl (C=O) groups excluding carboxylic acids is 2. The van der Waals surface area contributed by atoms with Crippen LogP contribution in [-0.2, 0) is 0 Å². The molecule has 6 nitrogen and oxygen atoms in total. The van der Waals surface area contributed by atoms with Crippen LogP contribution in [0.5, 0.6) is 23.0 Å². The second-order valence-corrected chi connectivity index (χ2v) is 8.26. The fraction of sp³-hybridized carbons (Fsp3) is 0.259. The highest BCUT2D eigenvalue weighted by Gasteiger charge is 2.14. The molecule has 178 valence electrons. The highest BCUT2D eigenvalue weighted by Crippen LogP contribution is 2.27. The summed E-state index contributed by atoms with van der Waals surface area (Å²) in [4.78, 5) is 24.9. The van der Waals surface area contributed by atoms with Gasteiger partial charge < -0.3 is 18.9 Å². The van der Waals surface area contributed by atoms with Gasteiger partial charge in [0.05, 0.1) is 28.8 Å². The molecule has 0 spiro atoms. The van der Waals surface area contributed by atoms with E-state index in [0.717, 1.165) is 29.5 Å².